The predicted molar refractivity (Wildman–Crippen MR) is 75.3 cm³/mol. The van der Waals surface area contributed by atoms with Gasteiger partial charge in [0.2, 0.25) is 17.7 Å². The fourth-order valence-corrected chi connectivity index (χ4v) is 3.25. The first kappa shape index (κ1) is 14.9. The van der Waals surface area contributed by atoms with Gasteiger partial charge in [0.05, 0.1) is 6.04 Å². The van der Waals surface area contributed by atoms with Gasteiger partial charge in [-0.2, -0.15) is 28.1 Å². The Hall–Kier alpha value is -1.97. The molecule has 3 rings (SSSR count). The van der Waals surface area contributed by atoms with Gasteiger partial charge in [-0.3, -0.25) is 0 Å². The number of hydrogen-bond donors (Lipinski definition) is 1. The van der Waals surface area contributed by atoms with E-state index < -0.39 is 17.9 Å². The van der Waals surface area contributed by atoms with Crippen molar-refractivity contribution < 1.29 is 13.2 Å². The van der Waals surface area contributed by atoms with Crippen molar-refractivity contribution in [3.8, 4) is 0 Å². The van der Waals surface area contributed by atoms with Crippen LogP contribution in [0.4, 0.5) is 25.1 Å². The molecule has 2 N–H and O–H groups in total. The molecule has 1 aliphatic heterocycles. The Balaban J connectivity index is 1.99. The number of rotatable bonds is 2. The number of aromatic nitrogens is 4. The maximum absolute atomic E-state index is 12.8. The van der Waals surface area contributed by atoms with Gasteiger partial charge >= 0.3 is 6.18 Å². The third-order valence-electron chi connectivity index (χ3n) is 3.39. The van der Waals surface area contributed by atoms with Crippen LogP contribution in [0.2, 0.25) is 0 Å². The normalized spacial score (nSPS) is 19.4. The molecule has 2 aromatic heterocycles. The number of nitrogens with two attached hydrogens (primary N) is 1. The van der Waals surface area contributed by atoms with Crippen molar-refractivity contribution in [1.29, 1.82) is 0 Å². The smallest absolute Gasteiger partial charge is 0.368 e. The summed E-state index contributed by atoms with van der Waals surface area (Å²) in [6.07, 6.45) is -0.351. The minimum Gasteiger partial charge on any atom is -0.368 e. The van der Waals surface area contributed by atoms with Gasteiger partial charge in [-0.1, -0.05) is 0 Å². The molecule has 0 amide bonds. The van der Waals surface area contributed by atoms with Crippen LogP contribution in [0.3, 0.4) is 0 Å². The second-order valence-electron chi connectivity index (χ2n) is 4.89. The van der Waals surface area contributed by atoms with E-state index in [4.69, 9.17) is 5.73 Å². The molecule has 0 aromatic carbocycles. The number of nitrogens with zero attached hydrogens (tertiary/aromatic N) is 5. The Labute approximate surface area is 128 Å². The number of halogens is 3. The van der Waals surface area contributed by atoms with Crippen molar-refractivity contribution in [1.82, 2.24) is 19.9 Å². The Kier molecular flexibility index (Phi) is 3.85. The summed E-state index contributed by atoms with van der Waals surface area (Å²) >= 11 is 1.46. The molecule has 2 aromatic rings. The first-order chi connectivity index (χ1) is 10.4. The van der Waals surface area contributed by atoms with E-state index in [9.17, 15) is 13.2 Å². The summed E-state index contributed by atoms with van der Waals surface area (Å²) in [6, 6.07) is -0.128. The van der Waals surface area contributed by atoms with E-state index in [1.54, 1.807) is 11.1 Å². The van der Waals surface area contributed by atoms with E-state index in [2.05, 4.69) is 19.9 Å². The van der Waals surface area contributed by atoms with Crippen LogP contribution in [0, 0.1) is 0 Å². The zero-order chi connectivity index (χ0) is 15.7. The molecule has 10 heteroatoms. The third kappa shape index (κ3) is 2.96. The lowest BCUT2D eigenvalue weighted by Crippen LogP contribution is -2.35. The zero-order valence-corrected chi connectivity index (χ0v) is 12.2. The van der Waals surface area contributed by atoms with Gasteiger partial charge in [-0.05, 0) is 19.3 Å². The van der Waals surface area contributed by atoms with Crippen molar-refractivity contribution >= 4 is 23.2 Å². The quantitative estimate of drug-likeness (QED) is 0.912. The van der Waals surface area contributed by atoms with Gasteiger partial charge in [-0.25, -0.2) is 4.98 Å². The average Bonchev–Trinajstić information content (AvgIpc) is 3.00. The summed E-state index contributed by atoms with van der Waals surface area (Å²) in [5.41, 5.74) is 5.42. The second-order valence-corrected chi connectivity index (χ2v) is 5.82. The Bertz CT molecular complexity index is 645. The standard InChI is InChI=1S/C12H13F3N6S/c13-12(14,15)9-18-10(16)20-11(19-9)21-5-2-1-3-7(21)8-17-4-6-22-8/h4,6-7H,1-3,5H2,(H2,16,18,19,20). The van der Waals surface area contributed by atoms with Gasteiger partial charge in [0.25, 0.3) is 0 Å². The van der Waals surface area contributed by atoms with Crippen molar-refractivity contribution in [2.45, 2.75) is 31.5 Å². The molecule has 0 saturated carbocycles. The number of piperidine rings is 1. The van der Waals surface area contributed by atoms with E-state index in [0.717, 1.165) is 24.3 Å². The number of anilines is 2. The first-order valence-corrected chi connectivity index (χ1v) is 7.58. The molecule has 0 spiro atoms. The topological polar surface area (TPSA) is 80.8 Å². The van der Waals surface area contributed by atoms with Crippen LogP contribution in [-0.2, 0) is 6.18 Å². The summed E-state index contributed by atoms with van der Waals surface area (Å²) in [4.78, 5) is 16.6. The molecule has 22 heavy (non-hydrogen) atoms. The van der Waals surface area contributed by atoms with Gasteiger partial charge in [0.1, 0.15) is 5.01 Å². The van der Waals surface area contributed by atoms with Crippen LogP contribution in [-0.4, -0.2) is 26.5 Å². The van der Waals surface area contributed by atoms with Crippen LogP contribution in [0.5, 0.6) is 0 Å². The maximum Gasteiger partial charge on any atom is 0.451 e. The van der Waals surface area contributed by atoms with E-state index in [0.29, 0.717) is 6.54 Å². The lowest BCUT2D eigenvalue weighted by molar-refractivity contribution is -0.144. The fraction of sp³-hybridized carbons (Fsp3) is 0.500. The summed E-state index contributed by atoms with van der Waals surface area (Å²) < 4.78 is 38.5. The minimum absolute atomic E-state index is 0.0419. The third-order valence-corrected chi connectivity index (χ3v) is 4.27. The summed E-state index contributed by atoms with van der Waals surface area (Å²) in [5.74, 6) is -1.74. The first-order valence-electron chi connectivity index (χ1n) is 6.70. The lowest BCUT2D eigenvalue weighted by Gasteiger charge is -2.34. The number of nitrogen functional groups attached to an aromatic ring is 1. The molecule has 6 nitrogen and oxygen atoms in total. The molecule has 1 aliphatic rings. The number of thiazole rings is 1. The fourth-order valence-electron chi connectivity index (χ4n) is 2.46. The number of hydrogen-bond acceptors (Lipinski definition) is 7. The van der Waals surface area contributed by atoms with Gasteiger partial charge in [0.15, 0.2) is 0 Å². The molecular weight excluding hydrogens is 317 g/mol. The van der Waals surface area contributed by atoms with Crippen molar-refractivity contribution in [3.05, 3.63) is 22.4 Å². The average molecular weight is 330 g/mol. The van der Waals surface area contributed by atoms with Crippen LogP contribution in [0.25, 0.3) is 0 Å². The maximum atomic E-state index is 12.8. The van der Waals surface area contributed by atoms with Crippen molar-refractivity contribution in [2.75, 3.05) is 17.2 Å². The molecule has 0 bridgehead atoms. The van der Waals surface area contributed by atoms with Crippen LogP contribution in [0.1, 0.15) is 36.1 Å². The molecular formula is C12H13F3N6S. The Morgan fingerprint density at radius 3 is 2.73 bits per heavy atom. The van der Waals surface area contributed by atoms with E-state index >= 15 is 0 Å². The van der Waals surface area contributed by atoms with Gasteiger partial charge < -0.3 is 10.6 Å². The zero-order valence-electron chi connectivity index (χ0n) is 11.4. The molecule has 0 radical (unpaired) electrons. The molecule has 1 atom stereocenters. The summed E-state index contributed by atoms with van der Waals surface area (Å²) in [5, 5.41) is 2.68. The predicted octanol–water partition coefficient (Wildman–Crippen LogP) is 2.66. The molecule has 1 unspecified atom stereocenters. The highest BCUT2D eigenvalue weighted by atomic mass is 32.1. The highest BCUT2D eigenvalue weighted by molar-refractivity contribution is 7.09. The molecule has 118 valence electrons. The van der Waals surface area contributed by atoms with E-state index in [1.807, 2.05) is 5.38 Å². The van der Waals surface area contributed by atoms with E-state index in [-0.39, 0.29) is 12.0 Å². The van der Waals surface area contributed by atoms with Crippen LogP contribution >= 0.6 is 11.3 Å². The molecule has 0 aliphatic carbocycles. The van der Waals surface area contributed by atoms with Crippen molar-refractivity contribution in [2.24, 2.45) is 0 Å². The van der Waals surface area contributed by atoms with Gasteiger partial charge in [0, 0.05) is 18.1 Å². The largest absolute Gasteiger partial charge is 0.451 e. The molecule has 3 heterocycles. The number of alkyl halides is 3. The Morgan fingerprint density at radius 2 is 2.05 bits per heavy atom. The second kappa shape index (κ2) is 5.67. The minimum atomic E-state index is -4.65. The monoisotopic (exact) mass is 330 g/mol. The SMILES string of the molecule is Nc1nc(N2CCCCC2c2nccs2)nc(C(F)(F)F)n1. The lowest BCUT2D eigenvalue weighted by atomic mass is 10.0. The molecule has 1 saturated heterocycles. The van der Waals surface area contributed by atoms with Crippen molar-refractivity contribution in [3.63, 3.8) is 0 Å². The Morgan fingerprint density at radius 1 is 1.23 bits per heavy atom. The highest BCUT2D eigenvalue weighted by Gasteiger charge is 2.37. The summed E-state index contributed by atoms with van der Waals surface area (Å²) in [6.45, 7) is 0.561. The van der Waals surface area contributed by atoms with Crippen LogP contribution in [0.15, 0.2) is 11.6 Å². The van der Waals surface area contributed by atoms with Crippen LogP contribution < -0.4 is 10.6 Å². The van der Waals surface area contributed by atoms with E-state index in [1.165, 1.54) is 11.3 Å². The molecule has 1 fully saturated rings. The summed E-state index contributed by atoms with van der Waals surface area (Å²) in [7, 11) is 0. The highest BCUT2D eigenvalue weighted by Crippen LogP contribution is 2.35. The van der Waals surface area contributed by atoms with Gasteiger partial charge in [-0.15, -0.1) is 11.3 Å².